The summed E-state index contributed by atoms with van der Waals surface area (Å²) in [7, 11) is 0. The lowest BCUT2D eigenvalue weighted by Crippen LogP contribution is -2.28. The molecule has 1 aromatic carbocycles. The number of ether oxygens (including phenoxy) is 1. The molecule has 2 heterocycles. The normalized spacial score (nSPS) is 14.7. The predicted molar refractivity (Wildman–Crippen MR) is 98.7 cm³/mol. The Balaban J connectivity index is 2.22. The lowest BCUT2D eigenvalue weighted by atomic mass is 10.0. The highest BCUT2D eigenvalue weighted by atomic mass is 32.1. The molecule has 0 aliphatic carbocycles. The van der Waals surface area contributed by atoms with E-state index >= 15 is 0 Å². The van der Waals surface area contributed by atoms with Gasteiger partial charge < -0.3 is 10.1 Å². The van der Waals surface area contributed by atoms with Crippen LogP contribution in [0.1, 0.15) is 28.5 Å². The number of aliphatic imine (C=N–C) groups is 1. The summed E-state index contributed by atoms with van der Waals surface area (Å²) in [6.07, 6.45) is 0. The number of nitrogens with zero attached hydrogens (tertiary/aromatic N) is 2. The molecule has 0 unspecified atom stereocenters. The standard InChI is InChI=1S/C19H17N3O2S/c1-4-24-19(23)14(10-20)16-15-11(2)12(3)25-18(15)22-17(21-16)13-8-6-5-7-9-13/h5-9H,4H2,1-3H3,(H,21,22)/b16-14-. The van der Waals surface area contributed by atoms with Crippen LogP contribution in [-0.4, -0.2) is 18.4 Å². The van der Waals surface area contributed by atoms with Crippen molar-refractivity contribution in [3.8, 4) is 6.07 Å². The third-order valence-electron chi connectivity index (χ3n) is 3.96. The van der Waals surface area contributed by atoms with Gasteiger partial charge in [0, 0.05) is 16.0 Å². The smallest absolute Gasteiger partial charge is 0.351 e. The number of carbonyl (C=O) groups excluding carboxylic acids is 1. The number of benzene rings is 1. The van der Waals surface area contributed by atoms with Crippen molar-refractivity contribution < 1.29 is 9.53 Å². The summed E-state index contributed by atoms with van der Waals surface area (Å²) in [6.45, 7) is 5.90. The molecule has 0 radical (unpaired) electrons. The summed E-state index contributed by atoms with van der Waals surface area (Å²) < 4.78 is 5.06. The molecule has 0 saturated heterocycles. The molecule has 0 fully saturated rings. The van der Waals surface area contributed by atoms with E-state index in [-0.39, 0.29) is 12.2 Å². The molecule has 5 nitrogen and oxygen atoms in total. The van der Waals surface area contributed by atoms with E-state index in [2.05, 4.69) is 5.32 Å². The van der Waals surface area contributed by atoms with Crippen molar-refractivity contribution in [3.63, 3.8) is 0 Å². The Hall–Kier alpha value is -2.91. The zero-order chi connectivity index (χ0) is 18.0. The second-order valence-corrected chi connectivity index (χ2v) is 6.70. The molecule has 0 amide bonds. The van der Waals surface area contributed by atoms with E-state index in [9.17, 15) is 10.1 Å². The van der Waals surface area contributed by atoms with Crippen molar-refractivity contribution in [3.05, 3.63) is 57.5 Å². The van der Waals surface area contributed by atoms with Crippen molar-refractivity contribution in [2.45, 2.75) is 20.8 Å². The van der Waals surface area contributed by atoms with E-state index in [1.165, 1.54) is 0 Å². The number of nitrogens with one attached hydrogen (secondary N) is 1. The average Bonchev–Trinajstić information content (AvgIpc) is 2.91. The van der Waals surface area contributed by atoms with Crippen molar-refractivity contribution in [1.29, 1.82) is 5.26 Å². The number of rotatable bonds is 3. The average molecular weight is 351 g/mol. The van der Waals surface area contributed by atoms with Gasteiger partial charge >= 0.3 is 5.97 Å². The molecule has 0 spiro atoms. The molecule has 1 aromatic heterocycles. The predicted octanol–water partition coefficient (Wildman–Crippen LogP) is 3.84. The number of hydrogen-bond acceptors (Lipinski definition) is 6. The Morgan fingerprint density at radius 2 is 2.04 bits per heavy atom. The quantitative estimate of drug-likeness (QED) is 0.518. The first kappa shape index (κ1) is 16.9. The summed E-state index contributed by atoms with van der Waals surface area (Å²) in [4.78, 5) is 18.1. The molecule has 2 aromatic rings. The number of thiophene rings is 1. The zero-order valence-corrected chi connectivity index (χ0v) is 15.0. The summed E-state index contributed by atoms with van der Waals surface area (Å²) in [5.74, 6) is -0.0163. The summed E-state index contributed by atoms with van der Waals surface area (Å²) in [5.41, 5.74) is 3.12. The lowest BCUT2D eigenvalue weighted by molar-refractivity contribution is -0.137. The molecule has 25 heavy (non-hydrogen) atoms. The number of fused-ring (bicyclic) bond motifs is 1. The molecule has 0 bridgehead atoms. The largest absolute Gasteiger partial charge is 0.462 e. The maximum Gasteiger partial charge on any atom is 0.351 e. The van der Waals surface area contributed by atoms with E-state index in [0.717, 1.165) is 26.6 Å². The van der Waals surface area contributed by atoms with Crippen LogP contribution < -0.4 is 5.32 Å². The third-order valence-corrected chi connectivity index (χ3v) is 5.06. The van der Waals surface area contributed by atoms with Gasteiger partial charge in [0.25, 0.3) is 0 Å². The minimum absolute atomic E-state index is 0.0349. The lowest BCUT2D eigenvalue weighted by Gasteiger charge is -2.20. The van der Waals surface area contributed by atoms with Crippen LogP contribution in [0.3, 0.4) is 0 Å². The van der Waals surface area contributed by atoms with Gasteiger partial charge in [0.1, 0.15) is 16.9 Å². The Bertz CT molecular complexity index is 934. The fraction of sp³-hybridized carbons (Fsp3) is 0.211. The molecule has 0 atom stereocenters. The molecular formula is C19H17N3O2S. The van der Waals surface area contributed by atoms with Gasteiger partial charge in [-0.05, 0) is 26.3 Å². The Morgan fingerprint density at radius 1 is 1.32 bits per heavy atom. The van der Waals surface area contributed by atoms with Gasteiger partial charge in [0.05, 0.1) is 12.3 Å². The van der Waals surface area contributed by atoms with Crippen molar-refractivity contribution in [1.82, 2.24) is 5.32 Å². The van der Waals surface area contributed by atoms with Crippen LogP contribution in [0.25, 0.3) is 5.70 Å². The van der Waals surface area contributed by atoms with E-state index in [1.54, 1.807) is 18.3 Å². The van der Waals surface area contributed by atoms with Gasteiger partial charge in [-0.15, -0.1) is 11.3 Å². The van der Waals surface area contributed by atoms with Crippen LogP contribution in [0.2, 0.25) is 0 Å². The van der Waals surface area contributed by atoms with E-state index in [1.807, 2.05) is 50.2 Å². The van der Waals surface area contributed by atoms with Crippen LogP contribution >= 0.6 is 11.3 Å². The van der Waals surface area contributed by atoms with Crippen LogP contribution in [0.15, 0.2) is 40.9 Å². The highest BCUT2D eigenvalue weighted by molar-refractivity contribution is 7.16. The maximum absolute atomic E-state index is 12.3. The van der Waals surface area contributed by atoms with Gasteiger partial charge in [-0.25, -0.2) is 9.79 Å². The van der Waals surface area contributed by atoms with E-state index < -0.39 is 5.97 Å². The topological polar surface area (TPSA) is 74.5 Å². The second kappa shape index (κ2) is 6.91. The van der Waals surface area contributed by atoms with Crippen molar-refractivity contribution in [2.75, 3.05) is 6.61 Å². The van der Waals surface area contributed by atoms with Gasteiger partial charge in [0.2, 0.25) is 0 Å². The second-order valence-electron chi connectivity index (χ2n) is 5.50. The summed E-state index contributed by atoms with van der Waals surface area (Å²) >= 11 is 1.55. The van der Waals surface area contributed by atoms with E-state index in [4.69, 9.17) is 9.73 Å². The monoisotopic (exact) mass is 351 g/mol. The molecule has 3 rings (SSSR count). The molecule has 6 heteroatoms. The first-order chi connectivity index (χ1) is 12.1. The number of esters is 1. The van der Waals surface area contributed by atoms with E-state index in [0.29, 0.717) is 11.5 Å². The van der Waals surface area contributed by atoms with Gasteiger partial charge in [0.15, 0.2) is 5.57 Å². The number of hydrogen-bond donors (Lipinski definition) is 1. The molecule has 1 N–H and O–H groups in total. The minimum Gasteiger partial charge on any atom is -0.462 e. The number of amidine groups is 1. The Labute approximate surface area is 150 Å². The summed E-state index contributed by atoms with van der Waals surface area (Å²) in [5, 5.41) is 13.5. The van der Waals surface area contributed by atoms with Crippen molar-refractivity contribution in [2.24, 2.45) is 4.99 Å². The Morgan fingerprint density at radius 3 is 2.68 bits per heavy atom. The first-order valence-electron chi connectivity index (χ1n) is 7.89. The zero-order valence-electron chi connectivity index (χ0n) is 14.2. The molecule has 1 aliphatic rings. The van der Waals surface area contributed by atoms with Crippen LogP contribution in [0, 0.1) is 25.2 Å². The van der Waals surface area contributed by atoms with Gasteiger partial charge in [-0.2, -0.15) is 5.26 Å². The van der Waals surface area contributed by atoms with Crippen LogP contribution in [-0.2, 0) is 9.53 Å². The van der Waals surface area contributed by atoms with Crippen LogP contribution in [0.5, 0.6) is 0 Å². The van der Waals surface area contributed by atoms with Crippen molar-refractivity contribution >= 4 is 33.8 Å². The fourth-order valence-electron chi connectivity index (χ4n) is 2.62. The highest BCUT2D eigenvalue weighted by Gasteiger charge is 2.28. The Kier molecular flexibility index (Phi) is 4.68. The molecule has 0 saturated carbocycles. The molecule has 126 valence electrons. The number of carbonyl (C=O) groups is 1. The fourth-order valence-corrected chi connectivity index (χ4v) is 3.66. The molecular weight excluding hydrogens is 334 g/mol. The minimum atomic E-state index is -0.629. The maximum atomic E-state index is 12.3. The third kappa shape index (κ3) is 3.06. The van der Waals surface area contributed by atoms with Gasteiger partial charge in [-0.1, -0.05) is 30.3 Å². The number of aryl methyl sites for hydroxylation is 1. The SMILES string of the molecule is CCOC(=O)/C(C#N)=C1\NC(c2ccccc2)=Nc2sc(C)c(C)c21. The van der Waals surface area contributed by atoms with Gasteiger partial charge in [-0.3, -0.25) is 0 Å². The highest BCUT2D eigenvalue weighted by Crippen LogP contribution is 2.42. The molecule has 1 aliphatic heterocycles. The summed E-state index contributed by atoms with van der Waals surface area (Å²) in [6, 6.07) is 11.6. The first-order valence-corrected chi connectivity index (χ1v) is 8.71. The van der Waals surface area contributed by atoms with Crippen LogP contribution in [0.4, 0.5) is 5.00 Å². The number of nitriles is 1.